The molecule has 0 amide bonds. The minimum atomic E-state index is -0.661. The van der Waals surface area contributed by atoms with Crippen LogP contribution in [0.15, 0.2) is 0 Å². The summed E-state index contributed by atoms with van der Waals surface area (Å²) in [5.41, 5.74) is 0. The Kier molecular flexibility index (Phi) is 7.57. The molecule has 0 rings (SSSR count). The third-order valence-corrected chi connectivity index (χ3v) is 4.24. The van der Waals surface area contributed by atoms with Gasteiger partial charge in [0, 0.05) is 28.3 Å². The molecule has 0 aliphatic rings. The van der Waals surface area contributed by atoms with Gasteiger partial charge in [0.15, 0.2) is 0 Å². The van der Waals surface area contributed by atoms with Crippen LogP contribution in [-0.2, 0) is 10.8 Å². The van der Waals surface area contributed by atoms with Gasteiger partial charge in [-0.05, 0) is 18.9 Å². The summed E-state index contributed by atoms with van der Waals surface area (Å²) in [6.07, 6.45) is 1.15. The van der Waals surface area contributed by atoms with Crippen LogP contribution in [0.25, 0.3) is 0 Å². The Morgan fingerprint density at radius 1 is 1.23 bits per heavy atom. The minimum Gasteiger partial charge on any atom is -0.316 e. The topological polar surface area (TPSA) is 29.1 Å². The Morgan fingerprint density at radius 2 is 1.85 bits per heavy atom. The highest BCUT2D eigenvalue weighted by atomic mass is 32.2. The first-order valence-electron chi connectivity index (χ1n) is 5.17. The summed E-state index contributed by atoms with van der Waals surface area (Å²) in [6, 6.07) is 0. The van der Waals surface area contributed by atoms with Crippen molar-refractivity contribution in [2.45, 2.75) is 39.4 Å². The van der Waals surface area contributed by atoms with Gasteiger partial charge in [-0.15, -0.1) is 0 Å². The second kappa shape index (κ2) is 7.51. The van der Waals surface area contributed by atoms with Crippen molar-refractivity contribution in [2.75, 3.05) is 18.8 Å². The summed E-state index contributed by atoms with van der Waals surface area (Å²) in [5.74, 6) is 1.31. The molecule has 2 unspecified atom stereocenters. The van der Waals surface area contributed by atoms with Gasteiger partial charge in [-0.1, -0.05) is 27.7 Å². The molecule has 0 aromatic carbocycles. The zero-order valence-electron chi connectivity index (χ0n) is 9.30. The Morgan fingerprint density at radius 3 is 2.31 bits per heavy atom. The maximum Gasteiger partial charge on any atom is 0.0362 e. The van der Waals surface area contributed by atoms with Gasteiger partial charge in [-0.25, -0.2) is 0 Å². The van der Waals surface area contributed by atoms with Gasteiger partial charge in [0.2, 0.25) is 0 Å². The molecule has 0 fully saturated rings. The third kappa shape index (κ3) is 6.22. The van der Waals surface area contributed by atoms with Crippen LogP contribution in [0.2, 0.25) is 0 Å². The van der Waals surface area contributed by atoms with Crippen molar-refractivity contribution in [3.05, 3.63) is 0 Å². The van der Waals surface area contributed by atoms with E-state index in [0.717, 1.165) is 25.3 Å². The second-order valence-electron chi connectivity index (χ2n) is 3.78. The molecule has 1 N–H and O–H groups in total. The van der Waals surface area contributed by atoms with Gasteiger partial charge >= 0.3 is 0 Å². The lowest BCUT2D eigenvalue weighted by Gasteiger charge is -2.14. The Labute approximate surface area is 84.9 Å². The zero-order valence-corrected chi connectivity index (χ0v) is 10.1. The first-order valence-corrected chi connectivity index (χ1v) is 6.55. The van der Waals surface area contributed by atoms with Crippen LogP contribution in [0.4, 0.5) is 0 Å². The van der Waals surface area contributed by atoms with E-state index in [1.807, 2.05) is 0 Å². The molecule has 80 valence electrons. The molecule has 3 heteroatoms. The van der Waals surface area contributed by atoms with Gasteiger partial charge in [-0.3, -0.25) is 4.21 Å². The average Bonchev–Trinajstić information content (AvgIpc) is 2.10. The Bertz CT molecular complexity index is 148. The number of hydrogen-bond donors (Lipinski definition) is 1. The third-order valence-electron chi connectivity index (χ3n) is 2.26. The summed E-state index contributed by atoms with van der Waals surface area (Å²) in [5, 5.41) is 3.59. The molecular weight excluding hydrogens is 182 g/mol. The lowest BCUT2D eigenvalue weighted by molar-refractivity contribution is 0.601. The molecule has 13 heavy (non-hydrogen) atoms. The van der Waals surface area contributed by atoms with E-state index in [0.29, 0.717) is 11.2 Å². The van der Waals surface area contributed by atoms with Crippen LogP contribution in [0.5, 0.6) is 0 Å². The van der Waals surface area contributed by atoms with Crippen molar-refractivity contribution in [1.82, 2.24) is 5.32 Å². The van der Waals surface area contributed by atoms with Crippen molar-refractivity contribution in [3.63, 3.8) is 0 Å². The van der Waals surface area contributed by atoms with Gasteiger partial charge < -0.3 is 5.32 Å². The fourth-order valence-electron chi connectivity index (χ4n) is 0.964. The minimum absolute atomic E-state index is 0.323. The normalized spacial score (nSPS) is 16.1. The number of rotatable bonds is 7. The largest absolute Gasteiger partial charge is 0.316 e. The van der Waals surface area contributed by atoms with E-state index in [-0.39, 0.29) is 0 Å². The van der Waals surface area contributed by atoms with Gasteiger partial charge in [0.1, 0.15) is 0 Å². The molecular formula is C10H23NOS. The molecule has 2 atom stereocenters. The van der Waals surface area contributed by atoms with Crippen LogP contribution >= 0.6 is 0 Å². The number of nitrogens with one attached hydrogen (secondary N) is 1. The number of hydrogen-bond acceptors (Lipinski definition) is 2. The quantitative estimate of drug-likeness (QED) is 0.642. The van der Waals surface area contributed by atoms with E-state index in [1.165, 1.54) is 0 Å². The lowest BCUT2D eigenvalue weighted by Crippen LogP contribution is -2.27. The van der Waals surface area contributed by atoms with Crippen molar-refractivity contribution < 1.29 is 4.21 Å². The molecule has 0 radical (unpaired) electrons. The Hall–Kier alpha value is 0.110. The molecule has 0 spiro atoms. The van der Waals surface area contributed by atoms with Crippen molar-refractivity contribution in [1.29, 1.82) is 0 Å². The maximum atomic E-state index is 11.6. The monoisotopic (exact) mass is 205 g/mol. The molecule has 0 saturated carbocycles. The zero-order chi connectivity index (χ0) is 10.3. The van der Waals surface area contributed by atoms with Crippen LogP contribution in [0.1, 0.15) is 34.1 Å². The fourth-order valence-corrected chi connectivity index (χ4v) is 2.29. The average molecular weight is 205 g/mol. The van der Waals surface area contributed by atoms with Gasteiger partial charge in [0.25, 0.3) is 0 Å². The van der Waals surface area contributed by atoms with Crippen molar-refractivity contribution >= 4 is 10.8 Å². The van der Waals surface area contributed by atoms with E-state index in [4.69, 9.17) is 0 Å². The van der Waals surface area contributed by atoms with Crippen molar-refractivity contribution in [2.24, 2.45) is 5.92 Å². The van der Waals surface area contributed by atoms with E-state index < -0.39 is 10.8 Å². The fraction of sp³-hybridized carbons (Fsp3) is 1.00. The molecule has 0 aliphatic heterocycles. The highest BCUT2D eigenvalue weighted by Gasteiger charge is 2.13. The first kappa shape index (κ1) is 13.1. The maximum absolute atomic E-state index is 11.6. The molecule has 0 heterocycles. The summed E-state index contributed by atoms with van der Waals surface area (Å²) < 4.78 is 11.6. The molecule has 2 nitrogen and oxygen atoms in total. The van der Waals surface area contributed by atoms with E-state index in [9.17, 15) is 4.21 Å². The van der Waals surface area contributed by atoms with Crippen LogP contribution in [0, 0.1) is 5.92 Å². The standard InChI is InChI=1S/C10H23NOS/c1-5-6-11-7-8-13(12)10(4)9(2)3/h9-11H,5-8H2,1-4H3. The van der Waals surface area contributed by atoms with E-state index in [1.54, 1.807) is 0 Å². The summed E-state index contributed by atoms with van der Waals surface area (Å²) in [4.78, 5) is 0. The SMILES string of the molecule is CCCNCCS(=O)C(C)C(C)C. The van der Waals surface area contributed by atoms with Crippen LogP contribution in [-0.4, -0.2) is 28.3 Å². The van der Waals surface area contributed by atoms with Gasteiger partial charge in [-0.2, -0.15) is 0 Å². The molecule has 0 saturated heterocycles. The predicted molar refractivity (Wildman–Crippen MR) is 60.5 cm³/mol. The lowest BCUT2D eigenvalue weighted by atomic mass is 10.2. The smallest absolute Gasteiger partial charge is 0.0362 e. The molecule has 0 bridgehead atoms. The van der Waals surface area contributed by atoms with Crippen molar-refractivity contribution in [3.8, 4) is 0 Å². The molecule has 0 aromatic rings. The summed E-state index contributed by atoms with van der Waals surface area (Å²) >= 11 is 0. The molecule has 0 aromatic heterocycles. The van der Waals surface area contributed by atoms with E-state index >= 15 is 0 Å². The predicted octanol–water partition coefficient (Wildman–Crippen LogP) is 1.78. The van der Waals surface area contributed by atoms with Crippen LogP contribution in [0.3, 0.4) is 0 Å². The van der Waals surface area contributed by atoms with Crippen LogP contribution < -0.4 is 5.32 Å². The highest BCUT2D eigenvalue weighted by Crippen LogP contribution is 2.07. The highest BCUT2D eigenvalue weighted by molar-refractivity contribution is 7.85. The Balaban J connectivity index is 3.50. The summed E-state index contributed by atoms with van der Waals surface area (Å²) in [7, 11) is -0.661. The first-order chi connectivity index (χ1) is 6.09. The van der Waals surface area contributed by atoms with E-state index in [2.05, 4.69) is 33.0 Å². The van der Waals surface area contributed by atoms with Gasteiger partial charge in [0.05, 0.1) is 0 Å². The summed E-state index contributed by atoms with van der Waals surface area (Å²) in [6.45, 7) is 10.4. The molecule has 0 aliphatic carbocycles. The second-order valence-corrected chi connectivity index (χ2v) is 5.70.